The van der Waals surface area contributed by atoms with Crippen molar-refractivity contribution in [1.29, 1.82) is 0 Å². The highest BCUT2D eigenvalue weighted by molar-refractivity contribution is 7.99. The summed E-state index contributed by atoms with van der Waals surface area (Å²) >= 11 is 7.40. The van der Waals surface area contributed by atoms with E-state index >= 15 is 0 Å². The SMILES string of the molecule is O=C(Nc1ccc(Cl)cn1)C1CSCN1C(=O)C1CCCC1. The molecule has 118 valence electrons. The van der Waals surface area contributed by atoms with Gasteiger partial charge in [-0.05, 0) is 25.0 Å². The molecule has 0 spiro atoms. The van der Waals surface area contributed by atoms with Gasteiger partial charge in [-0.15, -0.1) is 11.8 Å². The van der Waals surface area contributed by atoms with Crippen molar-refractivity contribution in [1.82, 2.24) is 9.88 Å². The second kappa shape index (κ2) is 6.87. The second-order valence-corrected chi connectivity index (χ2v) is 7.09. The number of aromatic nitrogens is 1. The third kappa shape index (κ3) is 3.38. The average Bonchev–Trinajstić information content (AvgIpc) is 3.20. The molecule has 2 heterocycles. The van der Waals surface area contributed by atoms with Crippen molar-refractivity contribution in [3.63, 3.8) is 0 Å². The van der Waals surface area contributed by atoms with Crippen LogP contribution in [0.5, 0.6) is 0 Å². The standard InChI is InChI=1S/C15H18ClN3O2S/c16-11-5-6-13(17-7-11)18-14(20)12-8-22-9-19(12)15(21)10-3-1-2-4-10/h5-7,10,12H,1-4,8-9H2,(H,17,18,20). The van der Waals surface area contributed by atoms with Crippen LogP contribution in [0.1, 0.15) is 25.7 Å². The Morgan fingerprint density at radius 2 is 2.09 bits per heavy atom. The Hall–Kier alpha value is -1.27. The summed E-state index contributed by atoms with van der Waals surface area (Å²) in [5, 5.41) is 3.29. The van der Waals surface area contributed by atoms with Crippen LogP contribution in [0.15, 0.2) is 18.3 Å². The second-order valence-electron chi connectivity index (χ2n) is 5.66. The minimum Gasteiger partial charge on any atom is -0.320 e. The Bertz CT molecular complexity index is 560. The third-order valence-electron chi connectivity index (χ3n) is 4.15. The van der Waals surface area contributed by atoms with E-state index in [0.717, 1.165) is 25.7 Å². The van der Waals surface area contributed by atoms with Crippen molar-refractivity contribution in [2.75, 3.05) is 16.9 Å². The quantitative estimate of drug-likeness (QED) is 0.919. The first-order chi connectivity index (χ1) is 10.6. The van der Waals surface area contributed by atoms with Crippen LogP contribution in [-0.4, -0.2) is 39.4 Å². The van der Waals surface area contributed by atoms with Crippen molar-refractivity contribution in [2.45, 2.75) is 31.7 Å². The maximum atomic E-state index is 12.6. The molecular weight excluding hydrogens is 322 g/mol. The molecule has 0 radical (unpaired) electrons. The fraction of sp³-hybridized carbons (Fsp3) is 0.533. The van der Waals surface area contributed by atoms with E-state index in [9.17, 15) is 9.59 Å². The summed E-state index contributed by atoms with van der Waals surface area (Å²) < 4.78 is 0. The normalized spacial score (nSPS) is 22.0. The largest absolute Gasteiger partial charge is 0.320 e. The summed E-state index contributed by atoms with van der Waals surface area (Å²) in [6, 6.07) is 2.93. The molecule has 0 bridgehead atoms. The lowest BCUT2D eigenvalue weighted by atomic mass is 10.1. The minimum absolute atomic E-state index is 0.0997. The molecule has 2 aliphatic rings. The first kappa shape index (κ1) is 15.6. The maximum Gasteiger partial charge on any atom is 0.249 e. The molecule has 1 aromatic heterocycles. The van der Waals surface area contributed by atoms with Crippen LogP contribution in [0.4, 0.5) is 5.82 Å². The van der Waals surface area contributed by atoms with Gasteiger partial charge in [0.1, 0.15) is 11.9 Å². The van der Waals surface area contributed by atoms with Gasteiger partial charge in [0.25, 0.3) is 0 Å². The minimum atomic E-state index is -0.407. The summed E-state index contributed by atoms with van der Waals surface area (Å²) in [6.45, 7) is 0. The van der Waals surface area contributed by atoms with Gasteiger partial charge >= 0.3 is 0 Å². The average molecular weight is 340 g/mol. The summed E-state index contributed by atoms with van der Waals surface area (Å²) in [7, 11) is 0. The van der Waals surface area contributed by atoms with Crippen LogP contribution in [-0.2, 0) is 9.59 Å². The molecule has 2 fully saturated rings. The van der Waals surface area contributed by atoms with Crippen molar-refractivity contribution in [2.24, 2.45) is 5.92 Å². The van der Waals surface area contributed by atoms with E-state index in [1.54, 1.807) is 28.8 Å². The first-order valence-corrected chi connectivity index (χ1v) is 8.99. The number of rotatable bonds is 3. The highest BCUT2D eigenvalue weighted by Crippen LogP contribution is 2.31. The number of amides is 2. The summed E-state index contributed by atoms with van der Waals surface area (Å²) in [5.41, 5.74) is 0. The van der Waals surface area contributed by atoms with Gasteiger partial charge in [0.05, 0.1) is 10.9 Å². The molecule has 1 aliphatic heterocycles. The van der Waals surface area contributed by atoms with Gasteiger partial charge in [-0.3, -0.25) is 9.59 Å². The van der Waals surface area contributed by atoms with Crippen LogP contribution in [0.25, 0.3) is 0 Å². The van der Waals surface area contributed by atoms with Gasteiger partial charge in [-0.1, -0.05) is 24.4 Å². The molecule has 1 unspecified atom stereocenters. The molecule has 1 saturated carbocycles. The number of nitrogens with one attached hydrogen (secondary N) is 1. The number of halogens is 1. The maximum absolute atomic E-state index is 12.6. The first-order valence-electron chi connectivity index (χ1n) is 7.46. The topological polar surface area (TPSA) is 62.3 Å². The third-order valence-corrected chi connectivity index (χ3v) is 5.39. The Labute approximate surface area is 138 Å². The Morgan fingerprint density at radius 1 is 1.32 bits per heavy atom. The Morgan fingerprint density at radius 3 is 2.77 bits per heavy atom. The predicted molar refractivity (Wildman–Crippen MR) is 87.8 cm³/mol. The van der Waals surface area contributed by atoms with Gasteiger partial charge in [0, 0.05) is 17.9 Å². The van der Waals surface area contributed by atoms with Gasteiger partial charge in [-0.2, -0.15) is 0 Å². The van der Waals surface area contributed by atoms with E-state index in [0.29, 0.717) is 22.5 Å². The highest BCUT2D eigenvalue weighted by atomic mass is 35.5. The van der Waals surface area contributed by atoms with E-state index in [2.05, 4.69) is 10.3 Å². The van der Waals surface area contributed by atoms with Crippen molar-refractivity contribution in [3.8, 4) is 0 Å². The number of pyridine rings is 1. The molecule has 1 aromatic rings. The Balaban J connectivity index is 1.65. The molecule has 1 atom stereocenters. The van der Waals surface area contributed by atoms with Crippen molar-refractivity contribution < 1.29 is 9.59 Å². The van der Waals surface area contributed by atoms with E-state index in [1.165, 1.54) is 6.20 Å². The fourth-order valence-corrected chi connectivity index (χ4v) is 4.22. The monoisotopic (exact) mass is 339 g/mol. The van der Waals surface area contributed by atoms with Crippen LogP contribution < -0.4 is 5.32 Å². The number of anilines is 1. The zero-order chi connectivity index (χ0) is 15.5. The summed E-state index contributed by atoms with van der Waals surface area (Å²) in [4.78, 5) is 30.8. The summed E-state index contributed by atoms with van der Waals surface area (Å²) in [5.74, 6) is 1.75. The highest BCUT2D eigenvalue weighted by Gasteiger charge is 2.38. The lowest BCUT2D eigenvalue weighted by molar-refractivity contribution is -0.139. The molecule has 1 aliphatic carbocycles. The number of hydrogen-bond acceptors (Lipinski definition) is 4. The molecule has 2 amide bonds. The van der Waals surface area contributed by atoms with E-state index in [-0.39, 0.29) is 17.7 Å². The van der Waals surface area contributed by atoms with Gasteiger partial charge in [0.15, 0.2) is 0 Å². The molecule has 1 saturated heterocycles. The van der Waals surface area contributed by atoms with Crippen LogP contribution in [0, 0.1) is 5.92 Å². The van der Waals surface area contributed by atoms with Crippen LogP contribution in [0.3, 0.4) is 0 Å². The van der Waals surface area contributed by atoms with Gasteiger partial charge in [-0.25, -0.2) is 4.98 Å². The molecule has 5 nitrogen and oxygen atoms in total. The van der Waals surface area contributed by atoms with Crippen LogP contribution >= 0.6 is 23.4 Å². The lowest BCUT2D eigenvalue weighted by Gasteiger charge is -2.25. The van der Waals surface area contributed by atoms with Gasteiger partial charge in [0.2, 0.25) is 11.8 Å². The van der Waals surface area contributed by atoms with Crippen molar-refractivity contribution in [3.05, 3.63) is 23.4 Å². The lowest BCUT2D eigenvalue weighted by Crippen LogP contribution is -2.46. The number of carbonyl (C=O) groups excluding carboxylic acids is 2. The number of nitrogens with zero attached hydrogens (tertiary/aromatic N) is 2. The van der Waals surface area contributed by atoms with E-state index < -0.39 is 6.04 Å². The van der Waals surface area contributed by atoms with E-state index in [1.807, 2.05) is 0 Å². The molecular formula is C15H18ClN3O2S. The summed E-state index contributed by atoms with van der Waals surface area (Å²) in [6.07, 6.45) is 5.62. The Kier molecular flexibility index (Phi) is 4.88. The van der Waals surface area contributed by atoms with E-state index in [4.69, 9.17) is 11.6 Å². The molecule has 22 heavy (non-hydrogen) atoms. The smallest absolute Gasteiger partial charge is 0.249 e. The zero-order valence-electron chi connectivity index (χ0n) is 12.1. The molecule has 0 aromatic carbocycles. The predicted octanol–water partition coefficient (Wildman–Crippen LogP) is 2.77. The number of carbonyl (C=O) groups is 2. The zero-order valence-corrected chi connectivity index (χ0v) is 13.7. The molecule has 1 N–H and O–H groups in total. The van der Waals surface area contributed by atoms with Crippen molar-refractivity contribution >= 4 is 41.0 Å². The number of thioether (sulfide) groups is 1. The molecule has 7 heteroatoms. The number of hydrogen-bond donors (Lipinski definition) is 1. The van der Waals surface area contributed by atoms with Gasteiger partial charge < -0.3 is 10.2 Å². The fourth-order valence-electron chi connectivity index (χ4n) is 2.94. The molecule has 3 rings (SSSR count). The van der Waals surface area contributed by atoms with Crippen LogP contribution in [0.2, 0.25) is 5.02 Å².